The van der Waals surface area contributed by atoms with Gasteiger partial charge < -0.3 is 0 Å². The van der Waals surface area contributed by atoms with Crippen LogP contribution < -0.4 is 5.32 Å². The van der Waals surface area contributed by atoms with Crippen molar-refractivity contribution in [3.05, 3.63) is 30.1 Å². The van der Waals surface area contributed by atoms with E-state index < -0.39 is 0 Å². The van der Waals surface area contributed by atoms with E-state index in [4.69, 9.17) is 11.6 Å². The molecule has 0 saturated carbocycles. The summed E-state index contributed by atoms with van der Waals surface area (Å²) in [4.78, 5) is 3.89. The van der Waals surface area contributed by atoms with Crippen molar-refractivity contribution < 1.29 is 0 Å². The van der Waals surface area contributed by atoms with Gasteiger partial charge in [-0.2, -0.15) is 0 Å². The monoisotopic (exact) mass is 156 g/mol. The lowest BCUT2D eigenvalue weighted by Crippen LogP contribution is -2.09. The van der Waals surface area contributed by atoms with E-state index in [0.717, 1.165) is 6.54 Å². The van der Waals surface area contributed by atoms with Crippen LogP contribution in [0.25, 0.3) is 0 Å². The topological polar surface area (TPSA) is 24.9 Å². The fraction of sp³-hybridized carbons (Fsp3) is 0.286. The highest BCUT2D eigenvalue weighted by molar-refractivity contribution is 6.17. The second kappa shape index (κ2) is 4.25. The van der Waals surface area contributed by atoms with Crippen molar-refractivity contribution >= 4 is 11.6 Å². The quantitative estimate of drug-likeness (QED) is 0.528. The normalized spacial score (nSPS) is 9.70. The molecule has 1 N–H and O–H groups in total. The van der Waals surface area contributed by atoms with E-state index in [9.17, 15) is 0 Å². The molecule has 0 saturated heterocycles. The van der Waals surface area contributed by atoms with Gasteiger partial charge in [0.25, 0.3) is 0 Å². The third-order valence-corrected chi connectivity index (χ3v) is 1.36. The maximum Gasteiger partial charge on any atom is 0.0716 e. The molecule has 54 valence electrons. The summed E-state index contributed by atoms with van der Waals surface area (Å²) in [5, 5.41) is 3.00. The standard InChI is InChI=1S/C7H9ClN2/c8-6-10-5-7-1-3-9-4-2-7/h1-4,10H,5-6H2. The average molecular weight is 157 g/mol. The zero-order chi connectivity index (χ0) is 7.23. The molecule has 0 atom stereocenters. The highest BCUT2D eigenvalue weighted by Crippen LogP contribution is 1.94. The molecule has 10 heavy (non-hydrogen) atoms. The van der Waals surface area contributed by atoms with Crippen LogP contribution in [-0.4, -0.2) is 11.0 Å². The second-order valence-corrected chi connectivity index (χ2v) is 2.18. The molecule has 0 radical (unpaired) electrons. The van der Waals surface area contributed by atoms with Crippen LogP contribution in [0, 0.1) is 0 Å². The maximum atomic E-state index is 5.42. The van der Waals surface area contributed by atoms with Crippen LogP contribution in [0.1, 0.15) is 5.56 Å². The molecule has 0 aliphatic rings. The third-order valence-electron chi connectivity index (χ3n) is 1.17. The smallest absolute Gasteiger partial charge is 0.0716 e. The van der Waals surface area contributed by atoms with Gasteiger partial charge >= 0.3 is 0 Å². The van der Waals surface area contributed by atoms with E-state index in [2.05, 4.69) is 10.3 Å². The van der Waals surface area contributed by atoms with E-state index in [0.29, 0.717) is 6.00 Å². The van der Waals surface area contributed by atoms with Gasteiger partial charge in [-0.1, -0.05) is 0 Å². The van der Waals surface area contributed by atoms with Crippen LogP contribution in [0.5, 0.6) is 0 Å². The first kappa shape index (κ1) is 7.51. The number of pyridine rings is 1. The molecule has 0 spiro atoms. The van der Waals surface area contributed by atoms with Crippen molar-refractivity contribution in [3.8, 4) is 0 Å². The van der Waals surface area contributed by atoms with E-state index in [-0.39, 0.29) is 0 Å². The Hall–Kier alpha value is -0.600. The predicted molar refractivity (Wildman–Crippen MR) is 41.8 cm³/mol. The van der Waals surface area contributed by atoms with Crippen molar-refractivity contribution in [1.82, 2.24) is 10.3 Å². The first-order valence-electron chi connectivity index (χ1n) is 3.09. The molecule has 0 aliphatic carbocycles. The zero-order valence-electron chi connectivity index (χ0n) is 5.55. The molecule has 1 rings (SSSR count). The molecular formula is C7H9ClN2. The van der Waals surface area contributed by atoms with Crippen LogP contribution >= 0.6 is 11.6 Å². The minimum Gasteiger partial charge on any atom is -0.300 e. The van der Waals surface area contributed by atoms with Crippen LogP contribution in [-0.2, 0) is 6.54 Å². The SMILES string of the molecule is ClCNCc1ccncc1. The number of alkyl halides is 1. The molecule has 0 unspecified atom stereocenters. The lowest BCUT2D eigenvalue weighted by molar-refractivity contribution is 0.790. The molecule has 2 nitrogen and oxygen atoms in total. The van der Waals surface area contributed by atoms with Gasteiger partial charge in [-0.3, -0.25) is 10.3 Å². The van der Waals surface area contributed by atoms with Gasteiger partial charge in [0.1, 0.15) is 0 Å². The van der Waals surface area contributed by atoms with Gasteiger partial charge in [-0.15, -0.1) is 11.6 Å². The Balaban J connectivity index is 2.43. The molecule has 1 aromatic heterocycles. The van der Waals surface area contributed by atoms with Crippen LogP contribution in [0.4, 0.5) is 0 Å². The minimum absolute atomic E-state index is 0.488. The van der Waals surface area contributed by atoms with Crippen molar-refractivity contribution in [2.24, 2.45) is 0 Å². The largest absolute Gasteiger partial charge is 0.300 e. The van der Waals surface area contributed by atoms with Crippen LogP contribution in [0.3, 0.4) is 0 Å². The van der Waals surface area contributed by atoms with Gasteiger partial charge in [0.2, 0.25) is 0 Å². The average Bonchev–Trinajstić information content (AvgIpc) is 2.03. The zero-order valence-corrected chi connectivity index (χ0v) is 6.30. The molecule has 0 amide bonds. The molecular weight excluding hydrogens is 148 g/mol. The van der Waals surface area contributed by atoms with E-state index in [1.54, 1.807) is 12.4 Å². The summed E-state index contributed by atoms with van der Waals surface area (Å²) >= 11 is 5.42. The van der Waals surface area contributed by atoms with Gasteiger partial charge in [0, 0.05) is 18.9 Å². The summed E-state index contributed by atoms with van der Waals surface area (Å²) in [5.74, 6) is 0. The number of nitrogens with zero attached hydrogens (tertiary/aromatic N) is 1. The van der Waals surface area contributed by atoms with Gasteiger partial charge in [-0.05, 0) is 17.7 Å². The van der Waals surface area contributed by atoms with E-state index in [1.165, 1.54) is 5.56 Å². The summed E-state index contributed by atoms with van der Waals surface area (Å²) in [6.45, 7) is 0.812. The third kappa shape index (κ3) is 2.33. The fourth-order valence-corrected chi connectivity index (χ4v) is 0.787. The Morgan fingerprint density at radius 1 is 1.40 bits per heavy atom. The van der Waals surface area contributed by atoms with E-state index in [1.807, 2.05) is 12.1 Å². The van der Waals surface area contributed by atoms with Crippen molar-refractivity contribution in [2.45, 2.75) is 6.54 Å². The molecule has 1 heterocycles. The molecule has 1 aromatic rings. The Bertz CT molecular complexity index is 176. The first-order valence-corrected chi connectivity index (χ1v) is 3.62. The summed E-state index contributed by atoms with van der Waals surface area (Å²) in [5.41, 5.74) is 1.20. The van der Waals surface area contributed by atoms with Crippen LogP contribution in [0.15, 0.2) is 24.5 Å². The fourth-order valence-electron chi connectivity index (χ4n) is 0.692. The van der Waals surface area contributed by atoms with E-state index >= 15 is 0 Å². The summed E-state index contributed by atoms with van der Waals surface area (Å²) in [7, 11) is 0. The molecule has 0 aliphatic heterocycles. The number of hydrogen-bond donors (Lipinski definition) is 1. The number of hydrogen-bond acceptors (Lipinski definition) is 2. The second-order valence-electron chi connectivity index (χ2n) is 1.92. The van der Waals surface area contributed by atoms with Gasteiger partial charge in [-0.25, -0.2) is 0 Å². The van der Waals surface area contributed by atoms with Crippen LogP contribution in [0.2, 0.25) is 0 Å². The lowest BCUT2D eigenvalue weighted by Gasteiger charge is -1.98. The first-order chi connectivity index (χ1) is 4.93. The molecule has 0 bridgehead atoms. The Labute approximate surface area is 65.2 Å². The summed E-state index contributed by atoms with van der Waals surface area (Å²) < 4.78 is 0. The summed E-state index contributed by atoms with van der Waals surface area (Å²) in [6, 6.07) is 4.40. The maximum absolute atomic E-state index is 5.42. The number of rotatable bonds is 3. The molecule has 0 aromatic carbocycles. The highest BCUT2D eigenvalue weighted by atomic mass is 35.5. The lowest BCUT2D eigenvalue weighted by atomic mass is 10.3. The Morgan fingerprint density at radius 2 is 2.10 bits per heavy atom. The minimum atomic E-state index is 0.488. The molecule has 0 fully saturated rings. The number of halogens is 1. The predicted octanol–water partition coefficient (Wildman–Crippen LogP) is 1.37. The number of aromatic nitrogens is 1. The Morgan fingerprint density at radius 3 is 2.70 bits per heavy atom. The molecule has 3 heteroatoms. The van der Waals surface area contributed by atoms with Gasteiger partial charge in [0.05, 0.1) is 6.00 Å². The summed E-state index contributed by atoms with van der Waals surface area (Å²) in [6.07, 6.45) is 3.54. The van der Waals surface area contributed by atoms with Gasteiger partial charge in [0.15, 0.2) is 0 Å². The van der Waals surface area contributed by atoms with Crippen molar-refractivity contribution in [2.75, 3.05) is 6.00 Å². The number of nitrogens with one attached hydrogen (secondary N) is 1. The highest BCUT2D eigenvalue weighted by Gasteiger charge is 1.86. The van der Waals surface area contributed by atoms with Crippen molar-refractivity contribution in [1.29, 1.82) is 0 Å². The Kier molecular flexibility index (Phi) is 3.19. The van der Waals surface area contributed by atoms with Crippen molar-refractivity contribution in [3.63, 3.8) is 0 Å².